The lowest BCUT2D eigenvalue weighted by Crippen LogP contribution is -2.09. The normalized spacial score (nSPS) is 10.3. The molecule has 0 atom stereocenters. The van der Waals surface area contributed by atoms with E-state index in [1.54, 1.807) is 19.2 Å². The Balaban J connectivity index is 0.00000272. The summed E-state index contributed by atoms with van der Waals surface area (Å²) < 4.78 is 10.9. The molecular formula is C23H21ClN4O3. The second-order valence-electron chi connectivity index (χ2n) is 6.51. The number of ether oxygens (including phenoxy) is 2. The highest BCUT2D eigenvalue weighted by Gasteiger charge is 2.17. The molecular weight excluding hydrogens is 416 g/mol. The van der Waals surface area contributed by atoms with E-state index in [9.17, 15) is 4.79 Å². The number of hydrogen-bond acceptors (Lipinski definition) is 7. The van der Waals surface area contributed by atoms with Crippen molar-refractivity contribution in [3.8, 4) is 11.6 Å². The number of aryl methyl sites for hydroxylation is 1. The SMILES string of the molecule is CCOC(=O)c1cnc2nc(C)ccc2c1Nc1ccc(Oc2ccccn2)cc1.Cl. The molecule has 0 aliphatic rings. The predicted molar refractivity (Wildman–Crippen MR) is 122 cm³/mol. The molecule has 0 fully saturated rings. The third kappa shape index (κ3) is 5.07. The number of halogens is 1. The van der Waals surface area contributed by atoms with E-state index < -0.39 is 5.97 Å². The molecule has 8 heteroatoms. The summed E-state index contributed by atoms with van der Waals surface area (Å²) in [4.78, 5) is 25.4. The molecule has 3 aromatic heterocycles. The molecule has 0 saturated heterocycles. The smallest absolute Gasteiger partial charge is 0.341 e. The monoisotopic (exact) mass is 436 g/mol. The van der Waals surface area contributed by atoms with Crippen LogP contribution in [-0.4, -0.2) is 27.5 Å². The van der Waals surface area contributed by atoms with Crippen molar-refractivity contribution in [1.29, 1.82) is 0 Å². The molecule has 0 amide bonds. The number of nitrogens with one attached hydrogen (secondary N) is 1. The van der Waals surface area contributed by atoms with Crippen molar-refractivity contribution in [2.45, 2.75) is 13.8 Å². The summed E-state index contributed by atoms with van der Waals surface area (Å²) in [6, 6.07) is 16.6. The van der Waals surface area contributed by atoms with E-state index in [1.165, 1.54) is 6.20 Å². The molecule has 0 spiro atoms. The average Bonchev–Trinajstić information content (AvgIpc) is 2.76. The van der Waals surface area contributed by atoms with E-state index in [0.717, 1.165) is 16.8 Å². The van der Waals surface area contributed by atoms with Crippen molar-refractivity contribution in [1.82, 2.24) is 15.0 Å². The number of aromatic nitrogens is 3. The fourth-order valence-electron chi connectivity index (χ4n) is 2.95. The van der Waals surface area contributed by atoms with Crippen LogP contribution in [0.15, 0.2) is 67.0 Å². The summed E-state index contributed by atoms with van der Waals surface area (Å²) in [5, 5.41) is 4.05. The van der Waals surface area contributed by atoms with Crippen LogP contribution in [0, 0.1) is 6.92 Å². The molecule has 4 aromatic rings. The van der Waals surface area contributed by atoms with Crippen molar-refractivity contribution in [3.63, 3.8) is 0 Å². The molecule has 0 bridgehead atoms. The second-order valence-corrected chi connectivity index (χ2v) is 6.51. The first-order valence-electron chi connectivity index (χ1n) is 9.53. The summed E-state index contributed by atoms with van der Waals surface area (Å²) >= 11 is 0. The number of rotatable bonds is 6. The Morgan fingerprint density at radius 3 is 2.55 bits per heavy atom. The Labute approximate surface area is 185 Å². The van der Waals surface area contributed by atoms with Gasteiger partial charge in [-0.1, -0.05) is 6.07 Å². The number of hydrogen-bond donors (Lipinski definition) is 1. The van der Waals surface area contributed by atoms with Crippen LogP contribution in [0.1, 0.15) is 23.0 Å². The van der Waals surface area contributed by atoms with Crippen molar-refractivity contribution in [2.24, 2.45) is 0 Å². The van der Waals surface area contributed by atoms with Crippen LogP contribution in [0.4, 0.5) is 11.4 Å². The molecule has 0 unspecified atom stereocenters. The molecule has 4 rings (SSSR count). The quantitative estimate of drug-likeness (QED) is 0.401. The van der Waals surface area contributed by atoms with E-state index in [0.29, 0.717) is 28.5 Å². The second kappa shape index (κ2) is 9.86. The maximum Gasteiger partial charge on any atom is 0.341 e. The minimum Gasteiger partial charge on any atom is -0.462 e. The standard InChI is InChI=1S/C23H20N4O3.ClH/c1-3-29-23(28)19-14-25-22-18(12-7-15(2)26-22)21(19)27-16-8-10-17(11-9-16)30-20-6-4-5-13-24-20;/h4-14H,3H2,1-2H3,(H,25,26,27);1H. The summed E-state index contributed by atoms with van der Waals surface area (Å²) in [6.45, 7) is 3.94. The van der Waals surface area contributed by atoms with Crippen molar-refractivity contribution >= 4 is 40.8 Å². The number of anilines is 2. The lowest BCUT2D eigenvalue weighted by Gasteiger charge is -2.14. The molecule has 0 aliphatic carbocycles. The number of carbonyl (C=O) groups excluding carboxylic acids is 1. The number of carbonyl (C=O) groups is 1. The minimum atomic E-state index is -0.440. The van der Waals surface area contributed by atoms with Gasteiger partial charge in [-0.25, -0.2) is 19.7 Å². The third-order valence-corrected chi connectivity index (χ3v) is 4.35. The maximum atomic E-state index is 12.5. The predicted octanol–water partition coefficient (Wildman–Crippen LogP) is 5.47. The Hall–Kier alpha value is -3.71. The van der Waals surface area contributed by atoms with Gasteiger partial charge in [0.25, 0.3) is 0 Å². The van der Waals surface area contributed by atoms with Gasteiger partial charge in [0.2, 0.25) is 5.88 Å². The molecule has 1 aromatic carbocycles. The van der Waals surface area contributed by atoms with E-state index >= 15 is 0 Å². The topological polar surface area (TPSA) is 86.2 Å². The fraction of sp³-hybridized carbons (Fsp3) is 0.130. The van der Waals surface area contributed by atoms with Gasteiger partial charge in [-0.2, -0.15) is 0 Å². The lowest BCUT2D eigenvalue weighted by molar-refractivity contribution is 0.0527. The number of esters is 1. The van der Waals surface area contributed by atoms with Crippen LogP contribution < -0.4 is 10.1 Å². The fourth-order valence-corrected chi connectivity index (χ4v) is 2.95. The average molecular weight is 437 g/mol. The zero-order valence-electron chi connectivity index (χ0n) is 17.0. The highest BCUT2D eigenvalue weighted by atomic mass is 35.5. The summed E-state index contributed by atoms with van der Waals surface area (Å²) in [5.74, 6) is 0.733. The van der Waals surface area contributed by atoms with Gasteiger partial charge in [0.1, 0.15) is 11.3 Å². The number of benzene rings is 1. The highest BCUT2D eigenvalue weighted by molar-refractivity contribution is 6.05. The van der Waals surface area contributed by atoms with E-state index in [-0.39, 0.29) is 19.0 Å². The van der Waals surface area contributed by atoms with Crippen molar-refractivity contribution < 1.29 is 14.3 Å². The first-order valence-corrected chi connectivity index (χ1v) is 9.53. The van der Waals surface area contributed by atoms with Gasteiger partial charge in [0.05, 0.1) is 12.3 Å². The van der Waals surface area contributed by atoms with Crippen LogP contribution in [0.3, 0.4) is 0 Å². The molecule has 158 valence electrons. The van der Waals surface area contributed by atoms with E-state index in [2.05, 4.69) is 20.3 Å². The Morgan fingerprint density at radius 2 is 1.84 bits per heavy atom. The van der Waals surface area contributed by atoms with Gasteiger partial charge in [-0.05, 0) is 56.3 Å². The molecule has 7 nitrogen and oxygen atoms in total. The first kappa shape index (κ1) is 22.0. The van der Waals surface area contributed by atoms with Gasteiger partial charge in [0.15, 0.2) is 5.65 Å². The maximum absolute atomic E-state index is 12.5. The molecule has 0 saturated carbocycles. The number of fused-ring (bicyclic) bond motifs is 1. The number of nitrogens with zero attached hydrogens (tertiary/aromatic N) is 3. The highest BCUT2D eigenvalue weighted by Crippen LogP contribution is 2.30. The summed E-state index contributed by atoms with van der Waals surface area (Å²) in [7, 11) is 0. The zero-order chi connectivity index (χ0) is 20.9. The summed E-state index contributed by atoms with van der Waals surface area (Å²) in [5.41, 5.74) is 3.14. The third-order valence-electron chi connectivity index (χ3n) is 4.35. The van der Waals surface area contributed by atoms with Crippen molar-refractivity contribution in [3.05, 3.63) is 78.2 Å². The zero-order valence-corrected chi connectivity index (χ0v) is 17.8. The van der Waals surface area contributed by atoms with Gasteiger partial charge < -0.3 is 14.8 Å². The van der Waals surface area contributed by atoms with Gasteiger partial charge in [0, 0.05) is 35.2 Å². The Kier molecular flexibility index (Phi) is 6.99. The number of pyridine rings is 3. The van der Waals surface area contributed by atoms with E-state index in [4.69, 9.17) is 9.47 Å². The van der Waals surface area contributed by atoms with Crippen LogP contribution in [0.25, 0.3) is 11.0 Å². The molecule has 31 heavy (non-hydrogen) atoms. The van der Waals surface area contributed by atoms with Crippen LogP contribution >= 0.6 is 12.4 Å². The summed E-state index contributed by atoms with van der Waals surface area (Å²) in [6.07, 6.45) is 3.17. The van der Waals surface area contributed by atoms with Crippen LogP contribution in [-0.2, 0) is 4.74 Å². The minimum absolute atomic E-state index is 0. The van der Waals surface area contributed by atoms with Gasteiger partial charge >= 0.3 is 5.97 Å². The first-order chi connectivity index (χ1) is 14.6. The van der Waals surface area contributed by atoms with Gasteiger partial charge in [-0.3, -0.25) is 0 Å². The van der Waals surface area contributed by atoms with E-state index in [1.807, 2.05) is 55.5 Å². The molecule has 0 radical (unpaired) electrons. The molecule has 0 aliphatic heterocycles. The van der Waals surface area contributed by atoms with Crippen LogP contribution in [0.2, 0.25) is 0 Å². The molecule has 1 N–H and O–H groups in total. The van der Waals surface area contributed by atoms with Gasteiger partial charge in [-0.15, -0.1) is 12.4 Å². The van der Waals surface area contributed by atoms with Crippen LogP contribution in [0.5, 0.6) is 11.6 Å². The Morgan fingerprint density at radius 1 is 1.03 bits per heavy atom. The lowest BCUT2D eigenvalue weighted by atomic mass is 10.1. The Bertz CT molecular complexity index is 1180. The van der Waals surface area contributed by atoms with Crippen molar-refractivity contribution in [2.75, 3.05) is 11.9 Å². The molecule has 3 heterocycles. The largest absolute Gasteiger partial charge is 0.462 e.